The molecule has 1 saturated heterocycles. The summed E-state index contributed by atoms with van der Waals surface area (Å²) in [7, 11) is 0. The van der Waals surface area contributed by atoms with Crippen molar-refractivity contribution in [2.75, 3.05) is 13.1 Å². The molecule has 1 fully saturated rings. The molecule has 1 unspecified atom stereocenters. The van der Waals surface area contributed by atoms with Crippen LogP contribution in [0.15, 0.2) is 12.1 Å². The van der Waals surface area contributed by atoms with Crippen LogP contribution in [0, 0.1) is 22.9 Å². The first-order chi connectivity index (χ1) is 9.40. The zero-order chi connectivity index (χ0) is 14.9. The minimum atomic E-state index is -0.686. The van der Waals surface area contributed by atoms with Gasteiger partial charge in [0.1, 0.15) is 11.4 Å². The van der Waals surface area contributed by atoms with Gasteiger partial charge in [0.25, 0.3) is 11.6 Å². The van der Waals surface area contributed by atoms with Crippen molar-refractivity contribution >= 4 is 11.6 Å². The second kappa shape index (κ2) is 5.54. The number of amides is 1. The number of piperidine rings is 1. The molecule has 1 aromatic carbocycles. The number of nitro benzene ring substituents is 1. The number of aliphatic hydroxyl groups is 1. The maximum atomic E-state index is 13.4. The van der Waals surface area contributed by atoms with Gasteiger partial charge in [0.15, 0.2) is 0 Å². The molecule has 1 aliphatic heterocycles. The van der Waals surface area contributed by atoms with E-state index in [0.717, 1.165) is 12.1 Å². The number of halogens is 1. The molecule has 0 aliphatic carbocycles. The molecule has 7 heteroatoms. The number of likely N-dealkylation sites (tertiary alicyclic amines) is 1. The van der Waals surface area contributed by atoms with Gasteiger partial charge in [-0.2, -0.15) is 0 Å². The number of β-amino-alcohol motifs (C(OH)–C–C–N with tert-alkyl or cyclic N) is 1. The van der Waals surface area contributed by atoms with Crippen LogP contribution in [0.5, 0.6) is 0 Å². The summed E-state index contributed by atoms with van der Waals surface area (Å²) in [5, 5.41) is 20.6. The summed E-state index contributed by atoms with van der Waals surface area (Å²) in [5.41, 5.74) is -0.533. The maximum absolute atomic E-state index is 13.4. The molecule has 1 amide bonds. The Hall–Kier alpha value is -2.02. The summed E-state index contributed by atoms with van der Waals surface area (Å²) in [6, 6.07) is 1.91. The molecule has 1 atom stereocenters. The zero-order valence-corrected chi connectivity index (χ0v) is 11.0. The lowest BCUT2D eigenvalue weighted by Crippen LogP contribution is -2.42. The second-order valence-electron chi connectivity index (χ2n) is 4.92. The molecule has 0 spiro atoms. The molecular weight excluding hydrogens is 267 g/mol. The zero-order valence-electron chi connectivity index (χ0n) is 11.0. The number of carbonyl (C=O) groups excluding carboxylic acids is 1. The van der Waals surface area contributed by atoms with Crippen molar-refractivity contribution in [1.82, 2.24) is 4.90 Å². The van der Waals surface area contributed by atoms with E-state index in [1.807, 2.05) is 0 Å². The highest BCUT2D eigenvalue weighted by Crippen LogP contribution is 2.27. The molecular formula is C13H15FN2O4. The third-order valence-electron chi connectivity index (χ3n) is 3.36. The predicted octanol–water partition coefficient (Wildman–Crippen LogP) is 1.64. The predicted molar refractivity (Wildman–Crippen MR) is 68.9 cm³/mol. The van der Waals surface area contributed by atoms with Crippen LogP contribution >= 0.6 is 0 Å². The number of rotatable bonds is 2. The molecule has 1 aromatic rings. The third kappa shape index (κ3) is 2.77. The van der Waals surface area contributed by atoms with E-state index in [9.17, 15) is 24.4 Å². The number of nitro groups is 1. The average Bonchev–Trinajstić information content (AvgIpc) is 2.36. The number of benzene rings is 1. The van der Waals surface area contributed by atoms with Crippen LogP contribution in [0.2, 0.25) is 0 Å². The maximum Gasteiger partial charge on any atom is 0.285 e. The number of hydrogen-bond donors (Lipinski definition) is 1. The van der Waals surface area contributed by atoms with E-state index in [4.69, 9.17) is 0 Å². The van der Waals surface area contributed by atoms with E-state index in [1.54, 1.807) is 0 Å². The smallest absolute Gasteiger partial charge is 0.285 e. The summed E-state index contributed by atoms with van der Waals surface area (Å²) in [6.45, 7) is 1.91. The Morgan fingerprint density at radius 1 is 1.55 bits per heavy atom. The molecule has 1 heterocycles. The number of hydrogen-bond acceptors (Lipinski definition) is 4. The number of aryl methyl sites for hydroxylation is 1. The van der Waals surface area contributed by atoms with E-state index in [0.29, 0.717) is 19.4 Å². The van der Waals surface area contributed by atoms with Crippen molar-refractivity contribution in [2.45, 2.75) is 25.9 Å². The summed E-state index contributed by atoms with van der Waals surface area (Å²) in [5.74, 6) is -1.30. The minimum absolute atomic E-state index is 0.107. The van der Waals surface area contributed by atoms with Crippen LogP contribution in [-0.2, 0) is 0 Å². The number of aliphatic hydroxyl groups excluding tert-OH is 1. The lowest BCUT2D eigenvalue weighted by molar-refractivity contribution is -0.385. The summed E-state index contributed by atoms with van der Waals surface area (Å²) in [4.78, 5) is 24.0. The monoisotopic (exact) mass is 282 g/mol. The third-order valence-corrected chi connectivity index (χ3v) is 3.36. The Balaban J connectivity index is 2.40. The number of nitrogens with zero attached hydrogens (tertiary/aromatic N) is 2. The quantitative estimate of drug-likeness (QED) is 0.660. The highest BCUT2D eigenvalue weighted by atomic mass is 19.1. The van der Waals surface area contributed by atoms with Crippen LogP contribution in [0.25, 0.3) is 0 Å². The normalized spacial score (nSPS) is 18.9. The Morgan fingerprint density at radius 2 is 2.25 bits per heavy atom. The van der Waals surface area contributed by atoms with Gasteiger partial charge in [-0.3, -0.25) is 14.9 Å². The van der Waals surface area contributed by atoms with Gasteiger partial charge in [-0.1, -0.05) is 0 Å². The van der Waals surface area contributed by atoms with Crippen molar-refractivity contribution in [3.8, 4) is 0 Å². The Bertz CT molecular complexity index is 562. The molecule has 0 radical (unpaired) electrons. The van der Waals surface area contributed by atoms with E-state index in [1.165, 1.54) is 11.8 Å². The number of carbonyl (C=O) groups is 1. The summed E-state index contributed by atoms with van der Waals surface area (Å²) in [6.07, 6.45) is 0.574. The highest BCUT2D eigenvalue weighted by Gasteiger charge is 2.30. The van der Waals surface area contributed by atoms with Crippen LogP contribution in [-0.4, -0.2) is 40.0 Å². The first kappa shape index (κ1) is 14.4. The van der Waals surface area contributed by atoms with Gasteiger partial charge >= 0.3 is 0 Å². The van der Waals surface area contributed by atoms with Crippen molar-refractivity contribution in [3.05, 3.63) is 39.2 Å². The molecule has 1 N–H and O–H groups in total. The Morgan fingerprint density at radius 3 is 2.85 bits per heavy atom. The fraction of sp³-hybridized carbons (Fsp3) is 0.462. The van der Waals surface area contributed by atoms with Crippen molar-refractivity contribution < 1.29 is 19.2 Å². The van der Waals surface area contributed by atoms with Gasteiger partial charge in [-0.15, -0.1) is 0 Å². The average molecular weight is 282 g/mol. The van der Waals surface area contributed by atoms with Crippen LogP contribution in [0.4, 0.5) is 10.1 Å². The molecule has 0 bridgehead atoms. The fourth-order valence-electron chi connectivity index (χ4n) is 2.45. The lowest BCUT2D eigenvalue weighted by Gasteiger charge is -2.30. The molecule has 20 heavy (non-hydrogen) atoms. The van der Waals surface area contributed by atoms with Gasteiger partial charge in [-0.05, 0) is 31.9 Å². The Kier molecular flexibility index (Phi) is 3.99. The minimum Gasteiger partial charge on any atom is -0.391 e. The van der Waals surface area contributed by atoms with E-state index in [-0.39, 0.29) is 23.4 Å². The van der Waals surface area contributed by atoms with Gasteiger partial charge < -0.3 is 10.0 Å². The van der Waals surface area contributed by atoms with E-state index in [2.05, 4.69) is 0 Å². The van der Waals surface area contributed by atoms with E-state index < -0.39 is 22.8 Å². The standard InChI is InChI=1S/C13H15FN2O4/c1-8-5-9(14)6-11(12(8)16(19)20)13(18)15-4-2-3-10(17)7-15/h5-6,10,17H,2-4,7H2,1H3. The van der Waals surface area contributed by atoms with Crippen LogP contribution in [0.1, 0.15) is 28.8 Å². The first-order valence-corrected chi connectivity index (χ1v) is 6.32. The largest absolute Gasteiger partial charge is 0.391 e. The van der Waals surface area contributed by atoms with Crippen molar-refractivity contribution in [2.24, 2.45) is 0 Å². The summed E-state index contributed by atoms with van der Waals surface area (Å²) < 4.78 is 13.4. The van der Waals surface area contributed by atoms with Crippen LogP contribution in [0.3, 0.4) is 0 Å². The van der Waals surface area contributed by atoms with E-state index >= 15 is 0 Å². The molecule has 0 saturated carbocycles. The van der Waals surface area contributed by atoms with Gasteiger partial charge in [0.2, 0.25) is 0 Å². The first-order valence-electron chi connectivity index (χ1n) is 6.32. The molecule has 1 aliphatic rings. The second-order valence-corrected chi connectivity index (χ2v) is 4.92. The summed E-state index contributed by atoms with van der Waals surface area (Å²) >= 11 is 0. The SMILES string of the molecule is Cc1cc(F)cc(C(=O)N2CCCC(O)C2)c1[N+](=O)[O-]. The topological polar surface area (TPSA) is 83.7 Å². The highest BCUT2D eigenvalue weighted by molar-refractivity contribution is 5.98. The molecule has 108 valence electrons. The lowest BCUT2D eigenvalue weighted by atomic mass is 10.0. The van der Waals surface area contributed by atoms with Gasteiger partial charge in [0.05, 0.1) is 11.0 Å². The Labute approximate surface area is 115 Å². The molecule has 6 nitrogen and oxygen atoms in total. The molecule has 0 aromatic heterocycles. The van der Waals surface area contributed by atoms with Gasteiger partial charge in [0, 0.05) is 18.7 Å². The molecule has 2 rings (SSSR count). The van der Waals surface area contributed by atoms with Gasteiger partial charge in [-0.25, -0.2) is 4.39 Å². The van der Waals surface area contributed by atoms with Crippen LogP contribution < -0.4 is 0 Å². The fourth-order valence-corrected chi connectivity index (χ4v) is 2.45. The van der Waals surface area contributed by atoms with Crippen molar-refractivity contribution in [3.63, 3.8) is 0 Å². The van der Waals surface area contributed by atoms with Crippen molar-refractivity contribution in [1.29, 1.82) is 0 Å².